The van der Waals surface area contributed by atoms with Crippen LogP contribution in [0.2, 0.25) is 5.02 Å². The van der Waals surface area contributed by atoms with Crippen LogP contribution in [0.25, 0.3) is 11.1 Å². The zero-order chi connectivity index (χ0) is 20.3. The van der Waals surface area contributed by atoms with Crippen LogP contribution in [0, 0.1) is 0 Å². The van der Waals surface area contributed by atoms with Crippen molar-refractivity contribution >= 4 is 17.4 Å². The highest BCUT2D eigenvalue weighted by atomic mass is 35.5. The smallest absolute Gasteiger partial charge is 0.128 e. The lowest BCUT2D eigenvalue weighted by molar-refractivity contribution is 0.158. The van der Waals surface area contributed by atoms with Gasteiger partial charge in [0.25, 0.3) is 0 Å². The fourth-order valence-corrected chi connectivity index (χ4v) is 5.71. The fourth-order valence-electron chi connectivity index (χ4n) is 5.60. The van der Waals surface area contributed by atoms with Gasteiger partial charge in [0.1, 0.15) is 5.82 Å². The lowest BCUT2D eigenvalue weighted by Gasteiger charge is -2.26. The Morgan fingerprint density at radius 1 is 1.03 bits per heavy atom. The largest absolute Gasteiger partial charge is 0.388 e. The van der Waals surface area contributed by atoms with Crippen molar-refractivity contribution in [1.29, 1.82) is 0 Å². The predicted molar refractivity (Wildman–Crippen MR) is 121 cm³/mol. The van der Waals surface area contributed by atoms with Gasteiger partial charge in [0.2, 0.25) is 0 Å². The third-order valence-corrected chi connectivity index (χ3v) is 7.47. The summed E-state index contributed by atoms with van der Waals surface area (Å²) in [6, 6.07) is 19.5. The maximum Gasteiger partial charge on any atom is 0.128 e. The van der Waals surface area contributed by atoms with E-state index in [2.05, 4.69) is 52.3 Å². The summed E-state index contributed by atoms with van der Waals surface area (Å²) in [7, 11) is 0. The van der Waals surface area contributed by atoms with Crippen LogP contribution in [0.1, 0.15) is 54.4 Å². The first kappa shape index (κ1) is 18.4. The molecule has 2 aliphatic carbocycles. The molecule has 1 saturated heterocycles. The van der Waals surface area contributed by atoms with E-state index in [-0.39, 0.29) is 5.41 Å². The number of aromatic nitrogens is 1. The molecule has 1 saturated carbocycles. The Morgan fingerprint density at radius 2 is 1.90 bits per heavy atom. The van der Waals surface area contributed by atoms with E-state index in [1.807, 2.05) is 12.1 Å². The van der Waals surface area contributed by atoms with E-state index < -0.39 is 6.10 Å². The van der Waals surface area contributed by atoms with Gasteiger partial charge in [-0.05, 0) is 77.6 Å². The van der Waals surface area contributed by atoms with Gasteiger partial charge >= 0.3 is 0 Å². The lowest BCUT2D eigenvalue weighted by atomic mass is 9.80. The standard InChI is InChI=1S/C26H25ClN2O/c27-19-8-10-25(28-15-19)29-12-11-26(16-29)14-24(30)22-13-18(7-9-23(22)26)21-4-2-1-3-20(21)17-5-6-17/h1-4,7-10,13,15,17,24,30H,5-6,11-12,14,16H2. The number of nitrogens with zero attached hydrogens (tertiary/aromatic N) is 2. The van der Waals surface area contributed by atoms with Crippen LogP contribution in [0.5, 0.6) is 0 Å². The van der Waals surface area contributed by atoms with Gasteiger partial charge < -0.3 is 10.0 Å². The molecule has 2 atom stereocenters. The maximum absolute atomic E-state index is 11.0. The highest BCUT2D eigenvalue weighted by Gasteiger charge is 2.48. The summed E-state index contributed by atoms with van der Waals surface area (Å²) >= 11 is 6.01. The number of rotatable bonds is 3. The molecule has 1 spiro atoms. The van der Waals surface area contributed by atoms with Crippen molar-refractivity contribution in [3.05, 3.63) is 82.5 Å². The van der Waals surface area contributed by atoms with Gasteiger partial charge in [-0.15, -0.1) is 0 Å². The van der Waals surface area contributed by atoms with Crippen molar-refractivity contribution in [2.24, 2.45) is 0 Å². The zero-order valence-corrected chi connectivity index (χ0v) is 17.6. The molecule has 6 rings (SSSR count). The molecule has 2 heterocycles. The molecule has 1 N–H and O–H groups in total. The number of fused-ring (bicyclic) bond motifs is 2. The second-order valence-corrected chi connectivity index (χ2v) is 9.61. The first-order chi connectivity index (χ1) is 14.6. The minimum absolute atomic E-state index is 0.00457. The average molecular weight is 417 g/mol. The number of anilines is 1. The SMILES string of the molecule is OC1CC2(CCN(c3ccc(Cl)cn3)C2)c2ccc(-c3ccccc3C3CC3)cc21. The number of aliphatic hydroxyl groups is 1. The van der Waals surface area contributed by atoms with Crippen LogP contribution in [0.4, 0.5) is 5.82 Å². The normalized spacial score (nSPS) is 25.1. The van der Waals surface area contributed by atoms with Gasteiger partial charge in [-0.3, -0.25) is 0 Å². The van der Waals surface area contributed by atoms with Crippen molar-refractivity contribution in [2.45, 2.75) is 43.1 Å². The molecule has 3 aromatic rings. The van der Waals surface area contributed by atoms with E-state index in [0.29, 0.717) is 10.9 Å². The van der Waals surface area contributed by atoms with E-state index in [9.17, 15) is 5.11 Å². The summed E-state index contributed by atoms with van der Waals surface area (Å²) in [6.07, 6.45) is 5.73. The van der Waals surface area contributed by atoms with Crippen molar-refractivity contribution in [3.63, 3.8) is 0 Å². The molecule has 2 unspecified atom stereocenters. The van der Waals surface area contributed by atoms with Gasteiger partial charge in [-0.1, -0.05) is 48.0 Å². The average Bonchev–Trinajstić information content (AvgIpc) is 3.48. The molecular weight excluding hydrogens is 392 g/mol. The molecule has 152 valence electrons. The van der Waals surface area contributed by atoms with Crippen molar-refractivity contribution in [2.75, 3.05) is 18.0 Å². The molecule has 0 amide bonds. The number of halogens is 1. The molecule has 1 aliphatic heterocycles. The quantitative estimate of drug-likeness (QED) is 0.580. The number of hydrogen-bond acceptors (Lipinski definition) is 3. The topological polar surface area (TPSA) is 36.4 Å². The van der Waals surface area contributed by atoms with E-state index >= 15 is 0 Å². The zero-order valence-electron chi connectivity index (χ0n) is 16.9. The molecule has 0 radical (unpaired) electrons. The van der Waals surface area contributed by atoms with Gasteiger partial charge in [-0.25, -0.2) is 4.98 Å². The molecular formula is C26H25ClN2O. The van der Waals surface area contributed by atoms with E-state index in [1.165, 1.54) is 35.1 Å². The minimum atomic E-state index is -0.397. The highest BCUT2D eigenvalue weighted by Crippen LogP contribution is 2.52. The predicted octanol–water partition coefficient (Wildman–Crippen LogP) is 5.86. The first-order valence-electron chi connectivity index (χ1n) is 10.9. The van der Waals surface area contributed by atoms with Crippen molar-refractivity contribution in [1.82, 2.24) is 4.98 Å². The van der Waals surface area contributed by atoms with E-state index in [0.717, 1.165) is 37.3 Å². The Hall–Kier alpha value is -2.36. The maximum atomic E-state index is 11.0. The van der Waals surface area contributed by atoms with Gasteiger partial charge in [-0.2, -0.15) is 0 Å². The van der Waals surface area contributed by atoms with E-state index in [1.54, 1.807) is 6.20 Å². The monoisotopic (exact) mass is 416 g/mol. The first-order valence-corrected chi connectivity index (χ1v) is 11.3. The number of hydrogen-bond donors (Lipinski definition) is 1. The third kappa shape index (κ3) is 2.95. The number of benzene rings is 2. The summed E-state index contributed by atoms with van der Waals surface area (Å²) in [5.41, 5.74) is 6.46. The fraction of sp³-hybridized carbons (Fsp3) is 0.346. The number of pyridine rings is 1. The third-order valence-electron chi connectivity index (χ3n) is 7.24. The second kappa shape index (κ2) is 6.83. The van der Waals surface area contributed by atoms with Crippen LogP contribution in [-0.2, 0) is 5.41 Å². The van der Waals surface area contributed by atoms with Gasteiger partial charge in [0, 0.05) is 24.7 Å². The Kier molecular flexibility index (Phi) is 4.19. The molecule has 3 nitrogen and oxygen atoms in total. The summed E-state index contributed by atoms with van der Waals surface area (Å²) in [5.74, 6) is 1.68. The van der Waals surface area contributed by atoms with Crippen LogP contribution in [0.15, 0.2) is 60.8 Å². The van der Waals surface area contributed by atoms with Crippen LogP contribution < -0.4 is 4.90 Å². The molecule has 3 aliphatic rings. The second-order valence-electron chi connectivity index (χ2n) is 9.17. The summed E-state index contributed by atoms with van der Waals surface area (Å²) in [4.78, 5) is 6.84. The molecule has 0 bridgehead atoms. The Bertz CT molecular complexity index is 1110. The van der Waals surface area contributed by atoms with Crippen molar-refractivity contribution < 1.29 is 5.11 Å². The Labute approximate surface area is 182 Å². The Balaban J connectivity index is 1.34. The summed E-state index contributed by atoms with van der Waals surface area (Å²) < 4.78 is 0. The lowest BCUT2D eigenvalue weighted by Crippen LogP contribution is -2.29. The molecule has 4 heteroatoms. The van der Waals surface area contributed by atoms with Gasteiger partial charge in [0.15, 0.2) is 0 Å². The molecule has 1 aromatic heterocycles. The van der Waals surface area contributed by atoms with Crippen LogP contribution in [0.3, 0.4) is 0 Å². The van der Waals surface area contributed by atoms with E-state index in [4.69, 9.17) is 11.6 Å². The highest BCUT2D eigenvalue weighted by molar-refractivity contribution is 6.30. The van der Waals surface area contributed by atoms with Gasteiger partial charge in [0.05, 0.1) is 11.1 Å². The Morgan fingerprint density at radius 3 is 2.70 bits per heavy atom. The summed E-state index contributed by atoms with van der Waals surface area (Å²) in [5, 5.41) is 11.7. The van der Waals surface area contributed by atoms with Crippen LogP contribution >= 0.6 is 11.6 Å². The summed E-state index contributed by atoms with van der Waals surface area (Å²) in [6.45, 7) is 1.84. The molecule has 30 heavy (non-hydrogen) atoms. The van der Waals surface area contributed by atoms with Crippen molar-refractivity contribution in [3.8, 4) is 11.1 Å². The number of aliphatic hydroxyl groups excluding tert-OH is 1. The molecule has 2 fully saturated rings. The van der Waals surface area contributed by atoms with Crippen LogP contribution in [-0.4, -0.2) is 23.2 Å². The molecule has 2 aromatic carbocycles. The minimum Gasteiger partial charge on any atom is -0.388 e.